The summed E-state index contributed by atoms with van der Waals surface area (Å²) in [4.78, 5) is 11.9. The number of hydrogen-bond acceptors (Lipinski definition) is 2. The van der Waals surface area contributed by atoms with Gasteiger partial charge in [0.1, 0.15) is 5.82 Å². The molecule has 0 aromatic heterocycles. The summed E-state index contributed by atoms with van der Waals surface area (Å²) >= 11 is 5.16. The maximum Gasteiger partial charge on any atom is 0.255 e. The summed E-state index contributed by atoms with van der Waals surface area (Å²) in [7, 11) is 0. The molecule has 0 unspecified atom stereocenters. The average Bonchev–Trinajstić information content (AvgIpc) is 2.37. The maximum absolute atomic E-state index is 13.6. The Morgan fingerprint density at radius 2 is 2.17 bits per heavy atom. The van der Waals surface area contributed by atoms with Gasteiger partial charge in [0.2, 0.25) is 0 Å². The van der Waals surface area contributed by atoms with Gasteiger partial charge in [-0.25, -0.2) is 4.39 Å². The molecule has 0 spiro atoms. The first-order valence-electron chi connectivity index (χ1n) is 5.98. The van der Waals surface area contributed by atoms with Crippen molar-refractivity contribution in [3.8, 4) is 0 Å². The SMILES string of the molecule is O=C(NCC1CCSCC1)c1c(F)cccc1Br. The Kier molecular flexibility index (Phi) is 5.06. The molecule has 0 aliphatic carbocycles. The summed E-state index contributed by atoms with van der Waals surface area (Å²) in [5, 5.41) is 2.83. The number of benzene rings is 1. The predicted octanol–water partition coefficient (Wildman–Crippen LogP) is 3.46. The lowest BCUT2D eigenvalue weighted by Gasteiger charge is -2.21. The van der Waals surface area contributed by atoms with Crippen LogP contribution < -0.4 is 5.32 Å². The van der Waals surface area contributed by atoms with E-state index in [0.29, 0.717) is 16.9 Å². The number of thioether (sulfide) groups is 1. The molecule has 1 aromatic rings. The van der Waals surface area contributed by atoms with Crippen LogP contribution in [0.2, 0.25) is 0 Å². The number of amides is 1. The van der Waals surface area contributed by atoms with Crippen LogP contribution in [-0.2, 0) is 0 Å². The molecule has 1 amide bonds. The van der Waals surface area contributed by atoms with Gasteiger partial charge in [-0.05, 0) is 58.3 Å². The Morgan fingerprint density at radius 1 is 1.44 bits per heavy atom. The van der Waals surface area contributed by atoms with Gasteiger partial charge in [-0.15, -0.1) is 0 Å². The van der Waals surface area contributed by atoms with Gasteiger partial charge in [-0.1, -0.05) is 6.07 Å². The van der Waals surface area contributed by atoms with Crippen LogP contribution in [-0.4, -0.2) is 24.0 Å². The van der Waals surface area contributed by atoms with Crippen molar-refractivity contribution in [2.45, 2.75) is 12.8 Å². The van der Waals surface area contributed by atoms with Crippen LogP contribution in [0.15, 0.2) is 22.7 Å². The Labute approximate surface area is 119 Å². The van der Waals surface area contributed by atoms with Crippen LogP contribution in [0.5, 0.6) is 0 Å². The molecule has 1 aliphatic heterocycles. The molecule has 0 atom stereocenters. The van der Waals surface area contributed by atoms with Crippen molar-refractivity contribution < 1.29 is 9.18 Å². The quantitative estimate of drug-likeness (QED) is 0.918. The second-order valence-electron chi connectivity index (χ2n) is 4.36. The van der Waals surface area contributed by atoms with Crippen LogP contribution in [0.3, 0.4) is 0 Å². The first kappa shape index (κ1) is 13.9. The third-order valence-electron chi connectivity index (χ3n) is 3.08. The zero-order chi connectivity index (χ0) is 13.0. The summed E-state index contributed by atoms with van der Waals surface area (Å²) < 4.78 is 14.1. The Bertz CT molecular complexity index is 415. The summed E-state index contributed by atoms with van der Waals surface area (Å²) in [6.45, 7) is 0.639. The molecule has 1 aromatic carbocycles. The van der Waals surface area contributed by atoms with Crippen LogP contribution in [0, 0.1) is 11.7 Å². The Balaban J connectivity index is 1.95. The number of carbonyl (C=O) groups is 1. The second-order valence-corrected chi connectivity index (χ2v) is 6.44. The third-order valence-corrected chi connectivity index (χ3v) is 4.79. The minimum atomic E-state index is -0.485. The van der Waals surface area contributed by atoms with Gasteiger partial charge in [-0.3, -0.25) is 4.79 Å². The lowest BCUT2D eigenvalue weighted by atomic mass is 10.0. The molecule has 0 bridgehead atoms. The molecular weight excluding hydrogens is 317 g/mol. The number of halogens is 2. The van der Waals surface area contributed by atoms with Crippen LogP contribution in [0.25, 0.3) is 0 Å². The van der Waals surface area contributed by atoms with E-state index in [2.05, 4.69) is 21.2 Å². The number of hydrogen-bond donors (Lipinski definition) is 1. The molecule has 5 heteroatoms. The van der Waals surface area contributed by atoms with Gasteiger partial charge >= 0.3 is 0 Å². The minimum absolute atomic E-state index is 0.0997. The Hall–Kier alpha value is -0.550. The smallest absolute Gasteiger partial charge is 0.255 e. The monoisotopic (exact) mass is 331 g/mol. The van der Waals surface area contributed by atoms with Crippen molar-refractivity contribution in [3.63, 3.8) is 0 Å². The Morgan fingerprint density at radius 3 is 2.83 bits per heavy atom. The van der Waals surface area contributed by atoms with E-state index < -0.39 is 5.82 Å². The van der Waals surface area contributed by atoms with Crippen molar-refractivity contribution in [1.29, 1.82) is 0 Å². The molecule has 98 valence electrons. The molecule has 1 N–H and O–H groups in total. The molecule has 18 heavy (non-hydrogen) atoms. The van der Waals surface area contributed by atoms with Crippen molar-refractivity contribution in [1.82, 2.24) is 5.32 Å². The average molecular weight is 332 g/mol. The fourth-order valence-corrected chi connectivity index (χ4v) is 3.72. The van der Waals surface area contributed by atoms with E-state index in [1.54, 1.807) is 12.1 Å². The van der Waals surface area contributed by atoms with Crippen LogP contribution in [0.1, 0.15) is 23.2 Å². The van der Waals surface area contributed by atoms with E-state index in [1.165, 1.54) is 6.07 Å². The maximum atomic E-state index is 13.6. The normalized spacial score (nSPS) is 16.6. The lowest BCUT2D eigenvalue weighted by molar-refractivity contribution is 0.0941. The molecule has 1 aliphatic rings. The van der Waals surface area contributed by atoms with E-state index >= 15 is 0 Å². The van der Waals surface area contributed by atoms with E-state index in [0.717, 1.165) is 24.3 Å². The van der Waals surface area contributed by atoms with Gasteiger partial charge in [0.05, 0.1) is 5.56 Å². The summed E-state index contributed by atoms with van der Waals surface area (Å²) in [5.41, 5.74) is 0.0997. The predicted molar refractivity (Wildman–Crippen MR) is 76.5 cm³/mol. The molecule has 1 saturated heterocycles. The fourth-order valence-electron chi connectivity index (χ4n) is 1.99. The van der Waals surface area contributed by atoms with Gasteiger partial charge in [-0.2, -0.15) is 11.8 Å². The molecular formula is C13H15BrFNOS. The van der Waals surface area contributed by atoms with Gasteiger partial charge in [0, 0.05) is 11.0 Å². The highest BCUT2D eigenvalue weighted by Gasteiger charge is 2.18. The molecule has 0 saturated carbocycles. The lowest BCUT2D eigenvalue weighted by Crippen LogP contribution is -2.31. The van der Waals surface area contributed by atoms with Crippen LogP contribution >= 0.6 is 27.7 Å². The molecule has 2 nitrogen and oxygen atoms in total. The number of nitrogens with one attached hydrogen (secondary N) is 1. The van der Waals surface area contributed by atoms with E-state index in [-0.39, 0.29) is 11.5 Å². The standard InChI is InChI=1S/C13H15BrFNOS/c14-10-2-1-3-11(15)12(10)13(17)16-8-9-4-6-18-7-5-9/h1-3,9H,4-8H2,(H,16,17). The second kappa shape index (κ2) is 6.57. The highest BCUT2D eigenvalue weighted by molar-refractivity contribution is 9.10. The minimum Gasteiger partial charge on any atom is -0.352 e. The van der Waals surface area contributed by atoms with Crippen molar-refractivity contribution in [2.75, 3.05) is 18.1 Å². The first-order valence-corrected chi connectivity index (χ1v) is 7.93. The van der Waals surface area contributed by atoms with Gasteiger partial charge in [0.15, 0.2) is 0 Å². The molecule has 1 heterocycles. The first-order chi connectivity index (χ1) is 8.68. The van der Waals surface area contributed by atoms with Crippen molar-refractivity contribution >= 4 is 33.6 Å². The molecule has 2 rings (SSSR count). The van der Waals surface area contributed by atoms with E-state index in [1.807, 2.05) is 11.8 Å². The summed E-state index contributed by atoms with van der Waals surface area (Å²) in [6, 6.07) is 4.56. The van der Waals surface area contributed by atoms with Gasteiger partial charge in [0.25, 0.3) is 5.91 Å². The largest absolute Gasteiger partial charge is 0.352 e. The highest BCUT2D eigenvalue weighted by Crippen LogP contribution is 2.23. The fraction of sp³-hybridized carbons (Fsp3) is 0.462. The van der Waals surface area contributed by atoms with Gasteiger partial charge < -0.3 is 5.32 Å². The molecule has 0 radical (unpaired) electrons. The zero-order valence-corrected chi connectivity index (χ0v) is 12.3. The topological polar surface area (TPSA) is 29.1 Å². The summed E-state index contributed by atoms with van der Waals surface area (Å²) in [6.07, 6.45) is 2.26. The molecule has 1 fully saturated rings. The van der Waals surface area contributed by atoms with E-state index in [4.69, 9.17) is 0 Å². The van der Waals surface area contributed by atoms with Crippen molar-refractivity contribution in [3.05, 3.63) is 34.1 Å². The number of carbonyl (C=O) groups excluding carboxylic acids is 1. The summed E-state index contributed by atoms with van der Waals surface area (Å²) in [5.74, 6) is 2.02. The van der Waals surface area contributed by atoms with Crippen LogP contribution in [0.4, 0.5) is 4.39 Å². The number of rotatable bonds is 3. The zero-order valence-electron chi connectivity index (χ0n) is 9.92. The van der Waals surface area contributed by atoms with E-state index in [9.17, 15) is 9.18 Å². The third kappa shape index (κ3) is 3.48. The van der Waals surface area contributed by atoms with Crippen molar-refractivity contribution in [2.24, 2.45) is 5.92 Å². The highest BCUT2D eigenvalue weighted by atomic mass is 79.9.